The van der Waals surface area contributed by atoms with E-state index in [-0.39, 0.29) is 24.5 Å². The summed E-state index contributed by atoms with van der Waals surface area (Å²) in [6, 6.07) is 4.39. The highest BCUT2D eigenvalue weighted by Crippen LogP contribution is 2.40. The summed E-state index contributed by atoms with van der Waals surface area (Å²) >= 11 is 0. The van der Waals surface area contributed by atoms with Gasteiger partial charge >= 0.3 is 0 Å². The van der Waals surface area contributed by atoms with Gasteiger partial charge in [0, 0.05) is 24.5 Å². The van der Waals surface area contributed by atoms with Crippen LogP contribution in [0.4, 0.5) is 5.82 Å². The zero-order chi connectivity index (χ0) is 17.1. The highest BCUT2D eigenvalue weighted by atomic mass is 16.2. The van der Waals surface area contributed by atoms with Gasteiger partial charge in [0.25, 0.3) is 0 Å². The molecule has 2 aromatic heterocycles. The molecule has 24 heavy (non-hydrogen) atoms. The quantitative estimate of drug-likeness (QED) is 0.778. The number of nitrogens with zero attached hydrogens (tertiary/aromatic N) is 4. The number of hydrogen-bond donors (Lipinski definition) is 2. The van der Waals surface area contributed by atoms with E-state index in [9.17, 15) is 4.79 Å². The Kier molecular flexibility index (Phi) is 4.99. The molecule has 0 aliphatic heterocycles. The van der Waals surface area contributed by atoms with Crippen LogP contribution in [0.25, 0.3) is 0 Å². The van der Waals surface area contributed by atoms with Crippen LogP contribution in [0.1, 0.15) is 45.7 Å². The van der Waals surface area contributed by atoms with Crippen LogP contribution in [0.2, 0.25) is 0 Å². The van der Waals surface area contributed by atoms with E-state index in [0.29, 0.717) is 12.0 Å². The number of amides is 1. The smallest absolute Gasteiger partial charge is 0.239 e. The van der Waals surface area contributed by atoms with Crippen molar-refractivity contribution in [2.75, 3.05) is 11.9 Å². The first kappa shape index (κ1) is 16.7. The van der Waals surface area contributed by atoms with Crippen molar-refractivity contribution in [2.24, 2.45) is 5.92 Å². The molecule has 7 nitrogen and oxygen atoms in total. The van der Waals surface area contributed by atoms with E-state index in [1.807, 2.05) is 27.7 Å². The molecule has 3 atom stereocenters. The average Bonchev–Trinajstić information content (AvgIpc) is 3.09. The lowest BCUT2D eigenvalue weighted by Crippen LogP contribution is -2.39. The maximum Gasteiger partial charge on any atom is 0.239 e. The van der Waals surface area contributed by atoms with Crippen LogP contribution in [0.5, 0.6) is 0 Å². The van der Waals surface area contributed by atoms with E-state index >= 15 is 0 Å². The van der Waals surface area contributed by atoms with Crippen molar-refractivity contribution in [1.29, 1.82) is 0 Å². The largest absolute Gasteiger partial charge is 0.310 e. The maximum absolute atomic E-state index is 12.2. The molecule has 0 bridgehead atoms. The summed E-state index contributed by atoms with van der Waals surface area (Å²) in [4.78, 5) is 12.2. The molecule has 1 amide bonds. The lowest BCUT2D eigenvalue weighted by molar-refractivity contribution is -0.115. The van der Waals surface area contributed by atoms with Gasteiger partial charge in [0.2, 0.25) is 5.91 Å². The highest BCUT2D eigenvalue weighted by molar-refractivity contribution is 5.91. The Morgan fingerprint density at radius 3 is 2.75 bits per heavy atom. The molecule has 1 aliphatic rings. The van der Waals surface area contributed by atoms with Crippen molar-refractivity contribution in [3.05, 3.63) is 30.7 Å². The fraction of sp³-hybridized carbons (Fsp3) is 0.588. The van der Waals surface area contributed by atoms with E-state index < -0.39 is 0 Å². The first-order chi connectivity index (χ1) is 11.6. The third-order valence-electron chi connectivity index (χ3n) is 4.88. The Hall–Kier alpha value is -2.15. The SMILES string of the molecule is C[C@H](NCC(=O)Nc1ccnn1[C@@H](C)C1CC1)[C@@H](C)n1cccn1. The van der Waals surface area contributed by atoms with Gasteiger partial charge in [0.1, 0.15) is 5.82 Å². The molecule has 130 valence electrons. The van der Waals surface area contributed by atoms with E-state index in [0.717, 1.165) is 5.82 Å². The predicted octanol–water partition coefficient (Wildman–Crippen LogP) is 2.23. The number of carbonyl (C=O) groups is 1. The molecule has 1 fully saturated rings. The molecule has 7 heteroatoms. The van der Waals surface area contributed by atoms with Gasteiger partial charge in [-0.1, -0.05) is 0 Å². The molecule has 0 saturated heterocycles. The Morgan fingerprint density at radius 1 is 1.29 bits per heavy atom. The van der Waals surface area contributed by atoms with Crippen molar-refractivity contribution >= 4 is 11.7 Å². The minimum absolute atomic E-state index is 0.0562. The van der Waals surface area contributed by atoms with Gasteiger partial charge in [-0.3, -0.25) is 9.48 Å². The summed E-state index contributed by atoms with van der Waals surface area (Å²) < 4.78 is 3.81. The topological polar surface area (TPSA) is 76.8 Å². The molecule has 0 radical (unpaired) electrons. The summed E-state index contributed by atoms with van der Waals surface area (Å²) in [5, 5.41) is 14.8. The van der Waals surface area contributed by atoms with Crippen LogP contribution >= 0.6 is 0 Å². The van der Waals surface area contributed by atoms with E-state index in [1.165, 1.54) is 12.8 Å². The molecule has 1 saturated carbocycles. The number of hydrogen-bond acceptors (Lipinski definition) is 4. The van der Waals surface area contributed by atoms with E-state index in [2.05, 4.69) is 41.6 Å². The molecule has 0 spiro atoms. The Balaban J connectivity index is 1.50. The van der Waals surface area contributed by atoms with E-state index in [4.69, 9.17) is 0 Å². The van der Waals surface area contributed by atoms with Crippen LogP contribution < -0.4 is 10.6 Å². The summed E-state index contributed by atoms with van der Waals surface area (Å²) in [5.74, 6) is 1.40. The second-order valence-electron chi connectivity index (χ2n) is 6.68. The fourth-order valence-electron chi connectivity index (χ4n) is 2.88. The summed E-state index contributed by atoms with van der Waals surface area (Å²) in [7, 11) is 0. The van der Waals surface area contributed by atoms with Gasteiger partial charge in [-0.05, 0) is 45.6 Å². The first-order valence-corrected chi connectivity index (χ1v) is 8.62. The molecule has 2 aromatic rings. The Labute approximate surface area is 142 Å². The van der Waals surface area contributed by atoms with Gasteiger partial charge < -0.3 is 10.6 Å². The molecule has 3 rings (SSSR count). The first-order valence-electron chi connectivity index (χ1n) is 8.62. The molecule has 0 aromatic carbocycles. The molecular weight excluding hydrogens is 304 g/mol. The van der Waals surface area contributed by atoms with E-state index in [1.54, 1.807) is 12.4 Å². The minimum Gasteiger partial charge on any atom is -0.310 e. The lowest BCUT2D eigenvalue weighted by Gasteiger charge is -2.21. The normalized spacial score (nSPS) is 18.1. The molecule has 2 N–H and O–H groups in total. The molecular formula is C17H26N6O. The van der Waals surface area contributed by atoms with Gasteiger partial charge in [-0.15, -0.1) is 0 Å². The standard InChI is InChI=1S/C17H26N6O/c1-12(13(2)22-10-4-8-19-22)18-11-17(24)21-16-7-9-20-23(16)14(3)15-5-6-15/h4,7-10,12-15,18H,5-6,11H2,1-3H3,(H,21,24)/t12-,13+,14-/m0/s1. The fourth-order valence-corrected chi connectivity index (χ4v) is 2.88. The van der Waals surface area contributed by atoms with Crippen molar-refractivity contribution in [1.82, 2.24) is 24.9 Å². The van der Waals surface area contributed by atoms with Crippen LogP contribution in [-0.2, 0) is 4.79 Å². The van der Waals surface area contributed by atoms with Crippen molar-refractivity contribution in [2.45, 2.75) is 51.7 Å². The van der Waals surface area contributed by atoms with Crippen LogP contribution in [0, 0.1) is 5.92 Å². The number of anilines is 1. The van der Waals surface area contributed by atoms with Gasteiger partial charge in [0.15, 0.2) is 0 Å². The second-order valence-corrected chi connectivity index (χ2v) is 6.68. The number of aromatic nitrogens is 4. The zero-order valence-corrected chi connectivity index (χ0v) is 14.5. The van der Waals surface area contributed by atoms with Gasteiger partial charge in [-0.2, -0.15) is 10.2 Å². The summed E-state index contributed by atoms with van der Waals surface area (Å²) in [6.07, 6.45) is 7.93. The Bertz CT molecular complexity index is 660. The predicted molar refractivity (Wildman–Crippen MR) is 92.7 cm³/mol. The molecule has 1 aliphatic carbocycles. The maximum atomic E-state index is 12.2. The highest BCUT2D eigenvalue weighted by Gasteiger charge is 2.30. The van der Waals surface area contributed by atoms with Crippen LogP contribution in [0.3, 0.4) is 0 Å². The van der Waals surface area contributed by atoms with Crippen molar-refractivity contribution in [3.8, 4) is 0 Å². The van der Waals surface area contributed by atoms with Crippen molar-refractivity contribution < 1.29 is 4.79 Å². The molecule has 0 unspecified atom stereocenters. The number of nitrogens with one attached hydrogen (secondary N) is 2. The minimum atomic E-state index is -0.0562. The third-order valence-corrected chi connectivity index (χ3v) is 4.88. The summed E-state index contributed by atoms with van der Waals surface area (Å²) in [6.45, 7) is 6.55. The Morgan fingerprint density at radius 2 is 2.08 bits per heavy atom. The van der Waals surface area contributed by atoms with Crippen LogP contribution in [-0.4, -0.2) is 38.1 Å². The number of rotatable bonds is 8. The number of carbonyl (C=O) groups excluding carboxylic acids is 1. The van der Waals surface area contributed by atoms with Crippen molar-refractivity contribution in [3.63, 3.8) is 0 Å². The second kappa shape index (κ2) is 7.17. The van der Waals surface area contributed by atoms with Gasteiger partial charge in [-0.25, -0.2) is 4.68 Å². The van der Waals surface area contributed by atoms with Gasteiger partial charge in [0.05, 0.1) is 24.8 Å². The third kappa shape index (κ3) is 3.84. The summed E-state index contributed by atoms with van der Waals surface area (Å²) in [5.41, 5.74) is 0. The lowest BCUT2D eigenvalue weighted by atomic mass is 10.2. The average molecular weight is 330 g/mol. The molecule has 2 heterocycles. The van der Waals surface area contributed by atoms with Crippen LogP contribution in [0.15, 0.2) is 30.7 Å². The zero-order valence-electron chi connectivity index (χ0n) is 14.5. The monoisotopic (exact) mass is 330 g/mol.